The maximum absolute atomic E-state index is 14.4. The number of likely N-dealkylation sites (N-methyl/N-ethyl adjacent to an activating group) is 1. The summed E-state index contributed by atoms with van der Waals surface area (Å²) in [5, 5.41) is 15.5. The third-order valence-electron chi connectivity index (χ3n) is 9.18. The number of alkyl halides is 1. The molecule has 0 saturated carbocycles. The highest BCUT2D eigenvalue weighted by atomic mass is 79.9. The highest BCUT2D eigenvalue weighted by Crippen LogP contribution is 2.53. The van der Waals surface area contributed by atoms with E-state index in [-0.39, 0.29) is 28.7 Å². The van der Waals surface area contributed by atoms with Crippen molar-refractivity contribution in [2.24, 2.45) is 0 Å². The number of aromatic amines is 1. The summed E-state index contributed by atoms with van der Waals surface area (Å²) in [6, 6.07) is 5.07. The fourth-order valence-electron chi connectivity index (χ4n) is 6.59. The number of benzene rings is 2. The van der Waals surface area contributed by atoms with Crippen LogP contribution in [0, 0.1) is 0 Å². The summed E-state index contributed by atoms with van der Waals surface area (Å²) < 4.78 is 27.7. The molecule has 6 rings (SSSR count). The Balaban J connectivity index is 1.46. The van der Waals surface area contributed by atoms with E-state index in [1.54, 1.807) is 28.0 Å². The number of H-pyrrole nitrogens is 1. The van der Waals surface area contributed by atoms with E-state index >= 15 is 0 Å². The van der Waals surface area contributed by atoms with Gasteiger partial charge in [0.1, 0.15) is 11.8 Å². The van der Waals surface area contributed by atoms with Crippen molar-refractivity contribution < 1.29 is 43.2 Å². The molecule has 2 amide bonds. The van der Waals surface area contributed by atoms with Crippen molar-refractivity contribution in [3.63, 3.8) is 0 Å². The number of hydrogen-bond donors (Lipinski definition) is 3. The molecule has 0 aliphatic carbocycles. The molecule has 0 spiro atoms. The molecule has 3 atom stereocenters. The summed E-state index contributed by atoms with van der Waals surface area (Å²) >= 11 is 3.70. The van der Waals surface area contributed by atoms with Gasteiger partial charge in [-0.05, 0) is 38.1 Å². The molecule has 252 valence electrons. The van der Waals surface area contributed by atoms with Crippen molar-refractivity contribution in [2.75, 3.05) is 78.4 Å². The van der Waals surface area contributed by atoms with Crippen molar-refractivity contribution in [2.45, 2.75) is 29.8 Å². The number of aliphatic hydroxyl groups is 1. The Labute approximate surface area is 279 Å². The summed E-state index contributed by atoms with van der Waals surface area (Å²) in [6.45, 7) is 4.14. The molecule has 1 saturated heterocycles. The molecular weight excluding hydrogens is 678 g/mol. The second-order valence-electron chi connectivity index (χ2n) is 12.1. The molecular formula is C32H38BrN5O9. The van der Waals surface area contributed by atoms with Crippen molar-refractivity contribution in [3.05, 3.63) is 35.0 Å². The molecule has 3 aliphatic rings. The first kappa shape index (κ1) is 32.7. The van der Waals surface area contributed by atoms with Gasteiger partial charge in [-0.3, -0.25) is 4.79 Å². The van der Waals surface area contributed by atoms with Crippen LogP contribution >= 0.6 is 15.9 Å². The van der Waals surface area contributed by atoms with Crippen LogP contribution in [0.25, 0.3) is 10.9 Å². The van der Waals surface area contributed by atoms with Crippen molar-refractivity contribution >= 4 is 56.2 Å². The van der Waals surface area contributed by atoms with E-state index in [1.165, 1.54) is 35.4 Å². The number of nitrogens with zero attached hydrogens (tertiary/aromatic N) is 3. The van der Waals surface area contributed by atoms with E-state index in [9.17, 15) is 19.5 Å². The SMILES string of the molecule is COC(=O)[C@]1(C)Nc2c(OC(=O)N3CCN(C)CC3)cc3c(c2[C@H]1O)C[C@H](Br)CN3C(=O)c1cc2cc(OC)c(OC)c(OC)c2[nH]1. The predicted molar refractivity (Wildman–Crippen MR) is 177 cm³/mol. The van der Waals surface area contributed by atoms with Gasteiger partial charge in [0.25, 0.3) is 5.91 Å². The van der Waals surface area contributed by atoms with Crippen LogP contribution in [-0.4, -0.2) is 116 Å². The van der Waals surface area contributed by atoms with Crippen LogP contribution in [0.1, 0.15) is 34.6 Å². The van der Waals surface area contributed by atoms with Crippen LogP contribution in [0.3, 0.4) is 0 Å². The minimum atomic E-state index is -1.57. The topological polar surface area (TPSA) is 155 Å². The Morgan fingerprint density at radius 1 is 0.979 bits per heavy atom. The van der Waals surface area contributed by atoms with Crippen LogP contribution in [0.2, 0.25) is 0 Å². The molecule has 15 heteroatoms. The normalized spacial score (nSPS) is 22.3. The van der Waals surface area contributed by atoms with E-state index in [0.717, 1.165) is 0 Å². The Morgan fingerprint density at radius 3 is 2.32 bits per heavy atom. The molecule has 3 aliphatic heterocycles. The number of carbonyl (C=O) groups excluding carboxylic acids is 3. The van der Waals surface area contributed by atoms with Gasteiger partial charge in [0.05, 0.1) is 45.3 Å². The summed E-state index contributed by atoms with van der Waals surface area (Å²) in [5.41, 5.74) is 0.982. The fraction of sp³-hybridized carbons (Fsp3) is 0.469. The van der Waals surface area contributed by atoms with Gasteiger partial charge in [-0.25, -0.2) is 9.59 Å². The Bertz CT molecular complexity index is 1750. The number of esters is 1. The van der Waals surface area contributed by atoms with Gasteiger partial charge in [0.2, 0.25) is 5.75 Å². The smallest absolute Gasteiger partial charge is 0.415 e. The highest BCUT2D eigenvalue weighted by Gasteiger charge is 2.52. The maximum Gasteiger partial charge on any atom is 0.415 e. The van der Waals surface area contributed by atoms with Crippen LogP contribution in [-0.2, 0) is 16.0 Å². The maximum atomic E-state index is 14.4. The number of halogens is 1. The quantitative estimate of drug-likeness (QED) is 0.254. The molecule has 4 heterocycles. The Morgan fingerprint density at radius 2 is 1.68 bits per heavy atom. The highest BCUT2D eigenvalue weighted by molar-refractivity contribution is 9.09. The van der Waals surface area contributed by atoms with Crippen LogP contribution < -0.4 is 29.2 Å². The molecule has 0 bridgehead atoms. The van der Waals surface area contributed by atoms with Crippen LogP contribution in [0.15, 0.2) is 18.2 Å². The lowest BCUT2D eigenvalue weighted by Crippen LogP contribution is -2.48. The Kier molecular flexibility index (Phi) is 8.65. The molecule has 0 unspecified atom stereocenters. The number of fused-ring (bicyclic) bond motifs is 4. The van der Waals surface area contributed by atoms with Crippen molar-refractivity contribution in [3.8, 4) is 23.0 Å². The van der Waals surface area contributed by atoms with Crippen LogP contribution in [0.5, 0.6) is 23.0 Å². The lowest BCUT2D eigenvalue weighted by atomic mass is 9.87. The molecule has 0 radical (unpaired) electrons. The molecule has 47 heavy (non-hydrogen) atoms. The summed E-state index contributed by atoms with van der Waals surface area (Å²) in [7, 11) is 7.75. The number of amides is 2. The minimum Gasteiger partial charge on any atom is -0.493 e. The van der Waals surface area contributed by atoms with Gasteiger partial charge in [-0.2, -0.15) is 0 Å². The van der Waals surface area contributed by atoms with Crippen LogP contribution in [0.4, 0.5) is 16.2 Å². The first-order valence-electron chi connectivity index (χ1n) is 15.1. The zero-order chi connectivity index (χ0) is 33.8. The number of methoxy groups -OCH3 is 4. The van der Waals surface area contributed by atoms with E-state index in [4.69, 9.17) is 23.7 Å². The average molecular weight is 717 g/mol. The van der Waals surface area contributed by atoms with Gasteiger partial charge in [-0.1, -0.05) is 15.9 Å². The summed E-state index contributed by atoms with van der Waals surface area (Å²) in [6.07, 6.45) is -1.51. The lowest BCUT2D eigenvalue weighted by Gasteiger charge is -2.35. The number of aliphatic hydroxyl groups excluding tert-OH is 1. The molecule has 1 fully saturated rings. The number of aromatic nitrogens is 1. The van der Waals surface area contributed by atoms with E-state index in [0.29, 0.717) is 83.3 Å². The minimum absolute atomic E-state index is 0.0907. The Hall–Kier alpha value is -4.21. The zero-order valence-corrected chi connectivity index (χ0v) is 28.6. The van der Waals surface area contributed by atoms with E-state index in [1.807, 2.05) is 7.05 Å². The summed E-state index contributed by atoms with van der Waals surface area (Å²) in [4.78, 5) is 49.0. The lowest BCUT2D eigenvalue weighted by molar-refractivity contribution is -0.149. The van der Waals surface area contributed by atoms with Gasteiger partial charge < -0.3 is 53.8 Å². The number of carbonyl (C=O) groups is 3. The average Bonchev–Trinajstić information content (AvgIpc) is 3.62. The molecule has 14 nitrogen and oxygen atoms in total. The number of piperazine rings is 1. The van der Waals surface area contributed by atoms with E-state index in [2.05, 4.69) is 31.1 Å². The number of hydrogen-bond acceptors (Lipinski definition) is 11. The second-order valence-corrected chi connectivity index (χ2v) is 13.3. The third kappa shape index (κ3) is 5.39. The van der Waals surface area contributed by atoms with Crippen molar-refractivity contribution in [1.82, 2.24) is 14.8 Å². The summed E-state index contributed by atoms with van der Waals surface area (Å²) in [5.74, 6) is 0.224. The first-order valence-corrected chi connectivity index (χ1v) is 16.0. The monoisotopic (exact) mass is 715 g/mol. The predicted octanol–water partition coefficient (Wildman–Crippen LogP) is 3.30. The number of nitrogens with one attached hydrogen (secondary N) is 2. The number of anilines is 2. The third-order valence-corrected chi connectivity index (χ3v) is 9.80. The van der Waals surface area contributed by atoms with E-state index < -0.39 is 23.7 Å². The number of ether oxygens (including phenoxy) is 5. The molecule has 1 aromatic heterocycles. The van der Waals surface area contributed by atoms with Gasteiger partial charge in [0, 0.05) is 54.6 Å². The number of rotatable bonds is 6. The van der Waals surface area contributed by atoms with Gasteiger partial charge in [0.15, 0.2) is 22.8 Å². The molecule has 2 aromatic carbocycles. The van der Waals surface area contributed by atoms with Gasteiger partial charge in [-0.15, -0.1) is 0 Å². The standard InChI is InChI=1S/C32H38BrN5O9/c1-32(30(41)46-6)28(39)23-18-13-17(33)15-38(20(18)14-21(25(23)35-32)47-31(42)37-9-7-36(2)8-10-37)29(40)19-11-16-12-22(43-3)26(44-4)27(45-5)24(16)34-19/h11-12,14,17,28,34-35,39H,7-10,13,15H2,1-6H3/t17-,28+,32+/m0/s1. The molecule has 3 aromatic rings. The first-order chi connectivity index (χ1) is 22.4. The van der Waals surface area contributed by atoms with Crippen molar-refractivity contribution in [1.29, 1.82) is 0 Å². The fourth-order valence-corrected chi connectivity index (χ4v) is 7.20. The second kappa shape index (κ2) is 12.4. The molecule has 3 N–H and O–H groups in total. The zero-order valence-electron chi connectivity index (χ0n) is 27.1. The van der Waals surface area contributed by atoms with Gasteiger partial charge >= 0.3 is 12.1 Å². The largest absolute Gasteiger partial charge is 0.493 e.